The highest BCUT2D eigenvalue weighted by Crippen LogP contribution is 2.42. The highest BCUT2D eigenvalue weighted by molar-refractivity contribution is 8.16. The largest absolute Gasteiger partial charge is 0.316 e. The molecule has 24 heavy (non-hydrogen) atoms. The lowest BCUT2D eigenvalue weighted by atomic mass is 10.2. The van der Waals surface area contributed by atoms with E-state index in [4.69, 9.17) is 28.5 Å². The first-order valence-corrected chi connectivity index (χ1v) is 10.4. The predicted octanol–water partition coefficient (Wildman–Crippen LogP) is 2.51. The number of hydrogen-bond acceptors (Lipinski definition) is 5. The number of hydrogen-bond donors (Lipinski definition) is 0. The summed E-state index contributed by atoms with van der Waals surface area (Å²) in [5.74, 6) is -0.546. The number of aliphatic imine (C=N–C) groups is 1. The number of nitrogens with zero attached hydrogens (tertiary/aromatic N) is 3. The minimum Gasteiger partial charge on any atom is -0.316 e. The standard InChI is InChI=1S/C14H11Cl2N3O3S2/c15-9-2-1-8(5-10(9)16)19-11-6-24(21,22)7-12(11)23-14(19)18-13(20)3-4-17/h1-2,5,11-12H,3,6-7H2. The van der Waals surface area contributed by atoms with Crippen LogP contribution in [0.1, 0.15) is 6.42 Å². The lowest BCUT2D eigenvalue weighted by molar-refractivity contribution is -0.116. The van der Waals surface area contributed by atoms with Gasteiger partial charge in [-0.25, -0.2) is 8.42 Å². The van der Waals surface area contributed by atoms with Crippen molar-refractivity contribution < 1.29 is 13.2 Å². The van der Waals surface area contributed by atoms with Crippen LogP contribution in [0.5, 0.6) is 0 Å². The van der Waals surface area contributed by atoms with Crippen LogP contribution < -0.4 is 4.90 Å². The molecule has 1 aromatic rings. The van der Waals surface area contributed by atoms with Gasteiger partial charge in [-0.1, -0.05) is 35.0 Å². The summed E-state index contributed by atoms with van der Waals surface area (Å²) >= 11 is 13.2. The number of anilines is 1. The maximum Gasteiger partial charge on any atom is 0.262 e. The molecule has 2 unspecified atom stereocenters. The minimum absolute atomic E-state index is 0.0175. The smallest absolute Gasteiger partial charge is 0.262 e. The van der Waals surface area contributed by atoms with Gasteiger partial charge in [-0.15, -0.1) is 0 Å². The summed E-state index contributed by atoms with van der Waals surface area (Å²) in [6, 6.07) is 6.35. The molecule has 3 rings (SSSR count). The summed E-state index contributed by atoms with van der Waals surface area (Å²) in [5, 5.41) is 9.50. The van der Waals surface area contributed by atoms with E-state index in [2.05, 4.69) is 4.99 Å². The molecule has 2 aliphatic heterocycles. The predicted molar refractivity (Wildman–Crippen MR) is 95.4 cm³/mol. The molecular weight excluding hydrogens is 393 g/mol. The molecule has 1 amide bonds. The zero-order valence-corrected chi connectivity index (χ0v) is 15.3. The number of amidine groups is 1. The second-order valence-corrected chi connectivity index (χ2v) is 9.57. The fourth-order valence-corrected chi connectivity index (χ4v) is 6.94. The van der Waals surface area contributed by atoms with Crippen molar-refractivity contribution in [2.45, 2.75) is 17.7 Å². The quantitative estimate of drug-likeness (QED) is 0.753. The summed E-state index contributed by atoms with van der Waals surface area (Å²) in [7, 11) is -3.14. The zero-order chi connectivity index (χ0) is 17.5. The molecule has 10 heteroatoms. The van der Waals surface area contributed by atoms with Crippen molar-refractivity contribution in [1.82, 2.24) is 0 Å². The van der Waals surface area contributed by atoms with E-state index in [1.54, 1.807) is 29.2 Å². The number of carbonyl (C=O) groups is 1. The molecule has 2 fully saturated rings. The highest BCUT2D eigenvalue weighted by Gasteiger charge is 2.49. The van der Waals surface area contributed by atoms with Gasteiger partial charge < -0.3 is 4.90 Å². The first kappa shape index (κ1) is 17.5. The zero-order valence-electron chi connectivity index (χ0n) is 12.1. The fraction of sp³-hybridized carbons (Fsp3) is 0.357. The Labute approximate surface area is 153 Å². The molecular formula is C14H11Cl2N3O3S2. The van der Waals surface area contributed by atoms with Gasteiger partial charge in [0.25, 0.3) is 5.91 Å². The van der Waals surface area contributed by atoms with Crippen LogP contribution in [0.15, 0.2) is 23.2 Å². The molecule has 0 N–H and O–H groups in total. The Bertz CT molecular complexity index is 880. The van der Waals surface area contributed by atoms with Crippen LogP contribution in [0.2, 0.25) is 10.0 Å². The third-order valence-corrected chi connectivity index (χ3v) is 7.65. The number of sulfone groups is 1. The van der Waals surface area contributed by atoms with E-state index in [0.717, 1.165) is 0 Å². The third-order valence-electron chi connectivity index (χ3n) is 3.70. The Morgan fingerprint density at radius 2 is 2.12 bits per heavy atom. The molecule has 6 nitrogen and oxygen atoms in total. The van der Waals surface area contributed by atoms with E-state index in [9.17, 15) is 13.2 Å². The number of rotatable bonds is 2. The molecule has 2 aliphatic rings. The van der Waals surface area contributed by atoms with Crippen LogP contribution in [-0.2, 0) is 14.6 Å². The molecule has 0 radical (unpaired) electrons. The average Bonchev–Trinajstić information content (AvgIpc) is 2.93. The van der Waals surface area contributed by atoms with E-state index in [0.29, 0.717) is 20.9 Å². The van der Waals surface area contributed by atoms with Crippen LogP contribution in [0.25, 0.3) is 0 Å². The van der Waals surface area contributed by atoms with Crippen molar-refractivity contribution in [2.75, 3.05) is 16.4 Å². The van der Waals surface area contributed by atoms with Gasteiger partial charge >= 0.3 is 0 Å². The second-order valence-electron chi connectivity index (χ2n) is 5.39. The van der Waals surface area contributed by atoms with Crippen molar-refractivity contribution in [3.63, 3.8) is 0 Å². The minimum atomic E-state index is -3.14. The fourth-order valence-electron chi connectivity index (χ4n) is 2.72. The Balaban J connectivity index is 2.03. The van der Waals surface area contributed by atoms with Crippen LogP contribution in [0.3, 0.4) is 0 Å². The maximum atomic E-state index is 11.9. The molecule has 126 valence electrons. The maximum absolute atomic E-state index is 11.9. The highest BCUT2D eigenvalue weighted by atomic mass is 35.5. The van der Waals surface area contributed by atoms with Gasteiger partial charge in [0.15, 0.2) is 15.0 Å². The van der Waals surface area contributed by atoms with Crippen molar-refractivity contribution in [2.24, 2.45) is 4.99 Å². The molecule has 2 saturated heterocycles. The molecule has 1 aromatic carbocycles. The second kappa shape index (κ2) is 6.56. The average molecular weight is 404 g/mol. The number of amides is 1. The number of halogens is 2. The normalized spacial score (nSPS) is 26.4. The van der Waals surface area contributed by atoms with Crippen molar-refractivity contribution in [3.8, 4) is 6.07 Å². The Hall–Kier alpha value is -1.27. The van der Waals surface area contributed by atoms with Gasteiger partial charge in [-0.3, -0.25) is 4.79 Å². The van der Waals surface area contributed by atoms with E-state index in [1.807, 2.05) is 0 Å². The molecule has 0 aromatic heterocycles. The molecule has 0 aliphatic carbocycles. The molecule has 2 heterocycles. The van der Waals surface area contributed by atoms with Gasteiger partial charge in [0.2, 0.25) is 0 Å². The Morgan fingerprint density at radius 1 is 1.38 bits per heavy atom. The summed E-state index contributed by atoms with van der Waals surface area (Å²) in [6.07, 6.45) is -0.326. The Morgan fingerprint density at radius 3 is 2.79 bits per heavy atom. The van der Waals surface area contributed by atoms with Crippen LogP contribution in [0.4, 0.5) is 5.69 Å². The number of nitriles is 1. The van der Waals surface area contributed by atoms with Crippen LogP contribution >= 0.6 is 35.0 Å². The molecule has 0 bridgehead atoms. The number of thioether (sulfide) groups is 1. The SMILES string of the molecule is N#CCC(=O)N=C1SC2CS(=O)(=O)CC2N1c1ccc(Cl)c(Cl)c1. The summed E-state index contributed by atoms with van der Waals surface area (Å²) in [6.45, 7) is 0. The van der Waals surface area contributed by atoms with Gasteiger partial charge in [0.1, 0.15) is 6.42 Å². The lowest BCUT2D eigenvalue weighted by Crippen LogP contribution is -2.37. The number of benzene rings is 1. The molecule has 2 atom stereocenters. The van der Waals surface area contributed by atoms with E-state index in [-0.39, 0.29) is 29.2 Å². The first-order chi connectivity index (χ1) is 11.3. The van der Waals surface area contributed by atoms with E-state index < -0.39 is 15.7 Å². The van der Waals surface area contributed by atoms with Gasteiger partial charge in [-0.2, -0.15) is 10.3 Å². The van der Waals surface area contributed by atoms with Crippen LogP contribution in [0, 0.1) is 11.3 Å². The third kappa shape index (κ3) is 3.40. The van der Waals surface area contributed by atoms with Gasteiger partial charge in [0, 0.05) is 10.9 Å². The Kier molecular flexibility index (Phi) is 4.80. The van der Waals surface area contributed by atoms with Crippen molar-refractivity contribution in [1.29, 1.82) is 5.26 Å². The monoisotopic (exact) mass is 403 g/mol. The number of fused-ring (bicyclic) bond motifs is 1. The summed E-state index contributed by atoms with van der Waals surface area (Å²) in [5.41, 5.74) is 0.616. The topological polar surface area (TPSA) is 90.6 Å². The molecule has 0 spiro atoms. The summed E-state index contributed by atoms with van der Waals surface area (Å²) < 4.78 is 23.9. The summed E-state index contributed by atoms with van der Waals surface area (Å²) in [4.78, 5) is 17.4. The van der Waals surface area contributed by atoms with Crippen molar-refractivity contribution in [3.05, 3.63) is 28.2 Å². The van der Waals surface area contributed by atoms with Crippen LogP contribution in [-0.4, -0.2) is 42.3 Å². The van der Waals surface area contributed by atoms with E-state index in [1.165, 1.54) is 11.8 Å². The van der Waals surface area contributed by atoms with Crippen molar-refractivity contribution >= 4 is 61.6 Å². The van der Waals surface area contributed by atoms with E-state index >= 15 is 0 Å². The number of carbonyl (C=O) groups excluding carboxylic acids is 1. The van der Waals surface area contributed by atoms with Gasteiger partial charge in [-0.05, 0) is 18.2 Å². The lowest BCUT2D eigenvalue weighted by Gasteiger charge is -2.24. The van der Waals surface area contributed by atoms with Gasteiger partial charge in [0.05, 0.1) is 33.7 Å². The molecule has 0 saturated carbocycles. The first-order valence-electron chi connectivity index (χ1n) is 6.90.